The quantitative estimate of drug-likeness (QED) is 0.653. The molecule has 3 N–H and O–H groups in total. The number of aromatic amines is 1. The summed E-state index contributed by atoms with van der Waals surface area (Å²) in [5, 5.41) is 14.0. The molecule has 7 nitrogen and oxygen atoms in total. The maximum absolute atomic E-state index is 9.65. The Kier molecular flexibility index (Phi) is 4.62. The lowest BCUT2D eigenvalue weighted by Crippen LogP contribution is -2.36. The van der Waals surface area contributed by atoms with Gasteiger partial charge in [0.05, 0.1) is 19.8 Å². The average Bonchev–Trinajstić information content (AvgIpc) is 3.09. The Labute approximate surface area is 152 Å². The molecule has 0 unspecified atom stereocenters. The molecule has 0 atom stereocenters. The normalized spacial score (nSPS) is 15.4. The van der Waals surface area contributed by atoms with Gasteiger partial charge in [0, 0.05) is 35.9 Å². The van der Waals surface area contributed by atoms with E-state index in [1.165, 1.54) is 0 Å². The van der Waals surface area contributed by atoms with E-state index in [1.807, 2.05) is 24.3 Å². The fraction of sp³-hybridized carbons (Fsp3) is 0.368. The zero-order valence-electron chi connectivity index (χ0n) is 14.8. The highest BCUT2D eigenvalue weighted by molar-refractivity contribution is 5.82. The van der Waals surface area contributed by atoms with Crippen LogP contribution >= 0.6 is 0 Å². The molecule has 0 aliphatic carbocycles. The van der Waals surface area contributed by atoms with Crippen molar-refractivity contribution in [1.82, 2.24) is 15.0 Å². The minimum absolute atomic E-state index is 0.189. The van der Waals surface area contributed by atoms with Crippen molar-refractivity contribution in [3.05, 3.63) is 42.2 Å². The van der Waals surface area contributed by atoms with Crippen LogP contribution in [0, 0.1) is 0 Å². The van der Waals surface area contributed by atoms with Gasteiger partial charge < -0.3 is 25.0 Å². The third-order valence-electron chi connectivity index (χ3n) is 4.75. The third kappa shape index (κ3) is 3.57. The van der Waals surface area contributed by atoms with E-state index in [1.54, 1.807) is 13.3 Å². The van der Waals surface area contributed by atoms with Gasteiger partial charge in [0.2, 0.25) is 5.95 Å². The molecule has 0 radical (unpaired) electrons. The Morgan fingerprint density at radius 1 is 1.27 bits per heavy atom. The van der Waals surface area contributed by atoms with Crippen molar-refractivity contribution < 1.29 is 9.84 Å². The number of H-pyrrole nitrogens is 1. The molecule has 1 saturated heterocycles. The summed E-state index contributed by atoms with van der Waals surface area (Å²) in [4.78, 5) is 14.5. The second-order valence-electron chi connectivity index (χ2n) is 6.56. The van der Waals surface area contributed by atoms with E-state index in [-0.39, 0.29) is 6.10 Å². The highest BCUT2D eigenvalue weighted by atomic mass is 16.5. The topological polar surface area (TPSA) is 86.3 Å². The van der Waals surface area contributed by atoms with E-state index < -0.39 is 0 Å². The predicted molar refractivity (Wildman–Crippen MR) is 102 cm³/mol. The van der Waals surface area contributed by atoms with Crippen molar-refractivity contribution in [3.63, 3.8) is 0 Å². The lowest BCUT2D eigenvalue weighted by Gasteiger charge is -2.30. The lowest BCUT2D eigenvalue weighted by atomic mass is 10.1. The van der Waals surface area contributed by atoms with Crippen LogP contribution in [0.15, 0.2) is 36.5 Å². The smallest absolute Gasteiger partial charge is 0.224 e. The predicted octanol–water partition coefficient (Wildman–Crippen LogP) is 2.54. The molecule has 0 amide bonds. The molecule has 1 aliphatic heterocycles. The number of benzene rings is 1. The molecule has 3 aromatic rings. The molecule has 136 valence electrons. The Balaban J connectivity index is 1.44. The van der Waals surface area contributed by atoms with Crippen molar-refractivity contribution >= 4 is 22.7 Å². The summed E-state index contributed by atoms with van der Waals surface area (Å²) in [6.45, 7) is 2.25. The van der Waals surface area contributed by atoms with E-state index in [0.29, 0.717) is 12.5 Å². The fourth-order valence-corrected chi connectivity index (χ4v) is 3.27. The SMILES string of the molecule is COc1ccc2[nH]c(CNc3nccc(N4CCC(O)CC4)n3)cc2c1. The van der Waals surface area contributed by atoms with Crippen LogP contribution in [0.5, 0.6) is 5.75 Å². The van der Waals surface area contributed by atoms with Crippen molar-refractivity contribution in [2.75, 3.05) is 30.4 Å². The first kappa shape index (κ1) is 16.7. The minimum atomic E-state index is -0.189. The molecule has 0 saturated carbocycles. The van der Waals surface area contributed by atoms with Gasteiger partial charge in [-0.2, -0.15) is 4.98 Å². The number of aromatic nitrogens is 3. The Morgan fingerprint density at radius 3 is 2.92 bits per heavy atom. The monoisotopic (exact) mass is 353 g/mol. The number of aliphatic hydroxyl groups is 1. The van der Waals surface area contributed by atoms with E-state index in [4.69, 9.17) is 4.74 Å². The largest absolute Gasteiger partial charge is 0.497 e. The van der Waals surface area contributed by atoms with Crippen LogP contribution in [0.3, 0.4) is 0 Å². The summed E-state index contributed by atoms with van der Waals surface area (Å²) in [6, 6.07) is 9.98. The van der Waals surface area contributed by atoms with E-state index in [2.05, 4.69) is 31.2 Å². The summed E-state index contributed by atoms with van der Waals surface area (Å²) in [5.74, 6) is 2.35. The van der Waals surface area contributed by atoms with Crippen LogP contribution in [-0.2, 0) is 6.54 Å². The first-order chi connectivity index (χ1) is 12.7. The molecular formula is C19H23N5O2. The summed E-state index contributed by atoms with van der Waals surface area (Å²) >= 11 is 0. The third-order valence-corrected chi connectivity index (χ3v) is 4.75. The maximum Gasteiger partial charge on any atom is 0.224 e. The van der Waals surface area contributed by atoms with Crippen molar-refractivity contribution in [1.29, 1.82) is 0 Å². The van der Waals surface area contributed by atoms with Gasteiger partial charge in [0.1, 0.15) is 11.6 Å². The molecule has 0 spiro atoms. The van der Waals surface area contributed by atoms with Crippen molar-refractivity contribution in [2.24, 2.45) is 0 Å². The van der Waals surface area contributed by atoms with Crippen LogP contribution in [0.25, 0.3) is 10.9 Å². The Morgan fingerprint density at radius 2 is 2.12 bits per heavy atom. The van der Waals surface area contributed by atoms with Gasteiger partial charge in [0.15, 0.2) is 0 Å². The highest BCUT2D eigenvalue weighted by Crippen LogP contribution is 2.22. The minimum Gasteiger partial charge on any atom is -0.497 e. The maximum atomic E-state index is 9.65. The standard InChI is InChI=1S/C19H23N5O2/c1-26-16-2-3-17-13(11-16)10-14(22-17)12-21-19-20-7-4-18(23-19)24-8-5-15(25)6-9-24/h2-4,7,10-11,15,22,25H,5-6,8-9,12H2,1H3,(H,20,21,23). The van der Waals surface area contributed by atoms with Gasteiger partial charge in [-0.15, -0.1) is 0 Å². The van der Waals surface area contributed by atoms with Crippen molar-refractivity contribution in [2.45, 2.75) is 25.5 Å². The number of hydrogen-bond acceptors (Lipinski definition) is 6. The second-order valence-corrected chi connectivity index (χ2v) is 6.56. The summed E-state index contributed by atoms with van der Waals surface area (Å²) in [5.41, 5.74) is 2.13. The second kappa shape index (κ2) is 7.21. The number of fused-ring (bicyclic) bond motifs is 1. The zero-order valence-corrected chi connectivity index (χ0v) is 14.8. The number of ether oxygens (including phenoxy) is 1. The number of nitrogens with zero attached hydrogens (tertiary/aromatic N) is 3. The molecule has 1 fully saturated rings. The first-order valence-corrected chi connectivity index (χ1v) is 8.87. The van der Waals surface area contributed by atoms with Crippen LogP contribution < -0.4 is 15.0 Å². The van der Waals surface area contributed by atoms with E-state index >= 15 is 0 Å². The molecule has 0 bridgehead atoms. The number of rotatable bonds is 5. The molecular weight excluding hydrogens is 330 g/mol. The zero-order chi connectivity index (χ0) is 17.9. The molecule has 2 aromatic heterocycles. The molecule has 3 heterocycles. The fourth-order valence-electron chi connectivity index (χ4n) is 3.27. The number of methoxy groups -OCH3 is 1. The van der Waals surface area contributed by atoms with Gasteiger partial charge in [-0.25, -0.2) is 4.98 Å². The summed E-state index contributed by atoms with van der Waals surface area (Å²) < 4.78 is 5.27. The number of anilines is 2. The molecule has 26 heavy (non-hydrogen) atoms. The summed E-state index contributed by atoms with van der Waals surface area (Å²) in [7, 11) is 1.67. The van der Waals surface area contributed by atoms with Crippen LogP contribution in [0.2, 0.25) is 0 Å². The van der Waals surface area contributed by atoms with Crippen molar-refractivity contribution in [3.8, 4) is 5.75 Å². The van der Waals surface area contributed by atoms with Crippen LogP contribution in [0.1, 0.15) is 18.5 Å². The Hall–Kier alpha value is -2.80. The van der Waals surface area contributed by atoms with Gasteiger partial charge in [0.25, 0.3) is 0 Å². The average molecular weight is 353 g/mol. The van der Waals surface area contributed by atoms with Gasteiger partial charge in [-0.1, -0.05) is 0 Å². The van der Waals surface area contributed by atoms with Gasteiger partial charge in [-0.3, -0.25) is 0 Å². The van der Waals surface area contributed by atoms with Crippen LogP contribution in [-0.4, -0.2) is 46.4 Å². The van der Waals surface area contributed by atoms with E-state index in [0.717, 1.165) is 54.1 Å². The van der Waals surface area contributed by atoms with E-state index in [9.17, 15) is 5.11 Å². The molecule has 4 rings (SSSR count). The molecule has 1 aliphatic rings. The number of hydrogen-bond donors (Lipinski definition) is 3. The van der Waals surface area contributed by atoms with Gasteiger partial charge in [-0.05, 0) is 43.2 Å². The summed E-state index contributed by atoms with van der Waals surface area (Å²) in [6.07, 6.45) is 3.15. The molecule has 7 heteroatoms. The highest BCUT2D eigenvalue weighted by Gasteiger charge is 2.18. The number of aliphatic hydroxyl groups excluding tert-OH is 1. The number of piperidine rings is 1. The van der Waals surface area contributed by atoms with Gasteiger partial charge >= 0.3 is 0 Å². The number of nitrogens with one attached hydrogen (secondary N) is 2. The van der Waals surface area contributed by atoms with Crippen LogP contribution in [0.4, 0.5) is 11.8 Å². The first-order valence-electron chi connectivity index (χ1n) is 8.87. The Bertz CT molecular complexity index is 887. The lowest BCUT2D eigenvalue weighted by molar-refractivity contribution is 0.145. The molecule has 1 aromatic carbocycles.